The van der Waals surface area contributed by atoms with Crippen LogP contribution in [-0.4, -0.2) is 42.9 Å². The number of aliphatic carboxylic acids is 1. The first-order valence-electron chi connectivity index (χ1n) is 7.50. The second-order valence-corrected chi connectivity index (χ2v) is 6.40. The third-order valence-electron chi connectivity index (χ3n) is 3.48. The fourth-order valence-corrected chi connectivity index (χ4v) is 3.57. The number of methoxy groups -OCH3 is 2. The number of thioether (sulfide) groups is 1. The van der Waals surface area contributed by atoms with Crippen molar-refractivity contribution >= 4 is 34.5 Å². The Morgan fingerprint density at radius 3 is 2.48 bits per heavy atom. The molecule has 1 unspecified atom stereocenters. The second kappa shape index (κ2) is 8.06. The van der Waals surface area contributed by atoms with E-state index in [1.54, 1.807) is 26.4 Å². The van der Waals surface area contributed by atoms with E-state index in [-0.39, 0.29) is 5.75 Å². The normalized spacial score (nSPS) is 11.8. The van der Waals surface area contributed by atoms with Crippen molar-refractivity contribution in [3.63, 3.8) is 0 Å². The summed E-state index contributed by atoms with van der Waals surface area (Å²) in [5.41, 5.74) is 1.39. The predicted octanol–water partition coefficient (Wildman–Crippen LogP) is 0.907. The number of amides is 1. The molecule has 0 aliphatic heterocycles. The average molecular weight is 363 g/mol. The molecule has 1 aromatic carbocycles. The summed E-state index contributed by atoms with van der Waals surface area (Å²) < 4.78 is 10.8. The van der Waals surface area contributed by atoms with E-state index in [4.69, 9.17) is 9.47 Å². The maximum atomic E-state index is 11.2. The van der Waals surface area contributed by atoms with Gasteiger partial charge in [-0.3, -0.25) is 4.79 Å². The third kappa shape index (κ3) is 4.33. The number of nitrogens with one attached hydrogen (secondary N) is 1. The number of aryl methyl sites for hydroxylation is 1. The maximum absolute atomic E-state index is 11.2. The molecule has 0 aliphatic rings. The van der Waals surface area contributed by atoms with Crippen LogP contribution in [0.3, 0.4) is 0 Å². The summed E-state index contributed by atoms with van der Waals surface area (Å²) in [6, 6.07) is 4.28. The minimum Gasteiger partial charge on any atom is -0.548 e. The molecule has 0 spiro atoms. The summed E-state index contributed by atoms with van der Waals surface area (Å²) in [6.45, 7) is 3.10. The van der Waals surface area contributed by atoms with E-state index in [0.29, 0.717) is 17.0 Å². The Bertz CT molecular complexity index is 809. The summed E-state index contributed by atoms with van der Waals surface area (Å²) in [5, 5.41) is 14.3. The van der Waals surface area contributed by atoms with Crippen LogP contribution in [0.15, 0.2) is 23.1 Å². The van der Waals surface area contributed by atoms with Gasteiger partial charge in [-0.25, -0.2) is 4.98 Å². The number of carboxylic acid groups (broad SMARTS) is 1. The van der Waals surface area contributed by atoms with Gasteiger partial charge in [-0.15, -0.1) is 11.8 Å². The number of carbonyl (C=O) groups excluding carboxylic acids is 2. The summed E-state index contributed by atoms with van der Waals surface area (Å²) in [7, 11) is 3.11. The molecule has 1 N–H and O–H groups in total. The highest BCUT2D eigenvalue weighted by molar-refractivity contribution is 7.99. The highest BCUT2D eigenvalue weighted by atomic mass is 32.2. The van der Waals surface area contributed by atoms with Gasteiger partial charge in [0.05, 0.1) is 31.6 Å². The van der Waals surface area contributed by atoms with E-state index < -0.39 is 17.9 Å². The zero-order chi connectivity index (χ0) is 18.6. The lowest BCUT2D eigenvalue weighted by atomic mass is 10.1. The first-order chi connectivity index (χ1) is 11.9. The van der Waals surface area contributed by atoms with Crippen LogP contribution in [0.4, 0.5) is 0 Å². The van der Waals surface area contributed by atoms with Crippen LogP contribution in [0, 0.1) is 6.92 Å². The number of rotatable bonds is 7. The molecule has 0 radical (unpaired) electrons. The van der Waals surface area contributed by atoms with Crippen molar-refractivity contribution in [1.29, 1.82) is 0 Å². The smallest absolute Gasteiger partial charge is 0.217 e. The van der Waals surface area contributed by atoms with Crippen molar-refractivity contribution in [1.82, 2.24) is 10.3 Å². The Morgan fingerprint density at radius 1 is 1.28 bits per heavy atom. The SMILES string of the molecule is COc1ccc(OC)c2c(SCC(NC(C)=O)C(=O)[O-])cc(C)nc12. The zero-order valence-corrected chi connectivity index (χ0v) is 15.2. The molecule has 0 aliphatic carbocycles. The highest BCUT2D eigenvalue weighted by Crippen LogP contribution is 2.39. The van der Waals surface area contributed by atoms with Gasteiger partial charge in [0.15, 0.2) is 0 Å². The topological polar surface area (TPSA) is 101 Å². The molecule has 1 amide bonds. The number of benzene rings is 1. The van der Waals surface area contributed by atoms with Crippen LogP contribution >= 0.6 is 11.8 Å². The largest absolute Gasteiger partial charge is 0.548 e. The molecule has 2 aromatic rings. The number of ether oxygens (including phenoxy) is 2. The number of carboxylic acids is 1. The van der Waals surface area contributed by atoms with Crippen molar-refractivity contribution in [2.75, 3.05) is 20.0 Å². The van der Waals surface area contributed by atoms with Crippen molar-refractivity contribution in [2.24, 2.45) is 0 Å². The lowest BCUT2D eigenvalue weighted by Gasteiger charge is -2.19. The highest BCUT2D eigenvalue weighted by Gasteiger charge is 2.17. The van der Waals surface area contributed by atoms with E-state index in [9.17, 15) is 14.7 Å². The number of pyridine rings is 1. The number of nitrogens with zero attached hydrogens (tertiary/aromatic N) is 1. The van der Waals surface area contributed by atoms with Gasteiger partial charge in [0.25, 0.3) is 0 Å². The average Bonchev–Trinajstić information content (AvgIpc) is 2.56. The molecule has 0 saturated heterocycles. The molecular weight excluding hydrogens is 344 g/mol. The summed E-state index contributed by atoms with van der Waals surface area (Å²) >= 11 is 1.28. The van der Waals surface area contributed by atoms with Gasteiger partial charge in [-0.2, -0.15) is 0 Å². The quantitative estimate of drug-likeness (QED) is 0.730. The standard InChI is InChI=1S/C17H20N2O5S/c1-9-7-14(25-8-11(17(21)22)19-10(2)20)15-12(23-3)5-6-13(24-4)16(15)18-9/h5-7,11H,8H2,1-4H3,(H,19,20)(H,21,22)/p-1. The summed E-state index contributed by atoms with van der Waals surface area (Å²) in [5.74, 6) is -0.442. The Kier molecular flexibility index (Phi) is 6.08. The number of hydrogen-bond donors (Lipinski definition) is 1. The maximum Gasteiger partial charge on any atom is 0.217 e. The lowest BCUT2D eigenvalue weighted by Crippen LogP contribution is -2.48. The lowest BCUT2D eigenvalue weighted by molar-refractivity contribution is -0.307. The molecular formula is C17H19N2O5S-. The fraction of sp³-hybridized carbons (Fsp3) is 0.353. The van der Waals surface area contributed by atoms with Crippen LogP contribution in [0.5, 0.6) is 11.5 Å². The molecule has 7 nitrogen and oxygen atoms in total. The van der Waals surface area contributed by atoms with Gasteiger partial charge in [-0.05, 0) is 25.1 Å². The number of fused-ring (bicyclic) bond motifs is 1. The molecule has 0 saturated carbocycles. The Morgan fingerprint density at radius 2 is 1.92 bits per heavy atom. The van der Waals surface area contributed by atoms with Crippen molar-refractivity contribution < 1.29 is 24.2 Å². The third-order valence-corrected chi connectivity index (χ3v) is 4.62. The van der Waals surface area contributed by atoms with Crippen molar-refractivity contribution in [2.45, 2.75) is 24.8 Å². The molecule has 134 valence electrons. The summed E-state index contributed by atoms with van der Waals surface area (Å²) in [6.07, 6.45) is 0. The minimum absolute atomic E-state index is 0.112. The fourth-order valence-electron chi connectivity index (χ4n) is 2.41. The van der Waals surface area contributed by atoms with Crippen LogP contribution in [0.25, 0.3) is 10.9 Å². The van der Waals surface area contributed by atoms with Crippen LogP contribution < -0.4 is 19.9 Å². The molecule has 0 fully saturated rings. The number of aromatic nitrogens is 1. The Labute approximate surface area is 149 Å². The van der Waals surface area contributed by atoms with Gasteiger partial charge in [0, 0.05) is 23.3 Å². The van der Waals surface area contributed by atoms with Gasteiger partial charge in [0.1, 0.15) is 17.0 Å². The van der Waals surface area contributed by atoms with Crippen LogP contribution in [0.2, 0.25) is 0 Å². The second-order valence-electron chi connectivity index (χ2n) is 5.34. The first kappa shape index (κ1) is 18.9. The van der Waals surface area contributed by atoms with E-state index in [1.165, 1.54) is 18.7 Å². The minimum atomic E-state index is -1.33. The first-order valence-corrected chi connectivity index (χ1v) is 8.49. The van der Waals surface area contributed by atoms with Gasteiger partial charge in [-0.1, -0.05) is 0 Å². The number of carbonyl (C=O) groups is 2. The monoisotopic (exact) mass is 363 g/mol. The molecule has 1 atom stereocenters. The van der Waals surface area contributed by atoms with Crippen LogP contribution in [-0.2, 0) is 9.59 Å². The summed E-state index contributed by atoms with van der Waals surface area (Å²) in [4.78, 5) is 27.7. The van der Waals surface area contributed by atoms with Gasteiger partial charge < -0.3 is 24.7 Å². The predicted molar refractivity (Wildman–Crippen MR) is 92.9 cm³/mol. The molecule has 0 bridgehead atoms. The molecule has 2 rings (SSSR count). The van der Waals surface area contributed by atoms with E-state index in [2.05, 4.69) is 10.3 Å². The van der Waals surface area contributed by atoms with E-state index in [0.717, 1.165) is 16.0 Å². The van der Waals surface area contributed by atoms with Crippen molar-refractivity contribution in [3.8, 4) is 11.5 Å². The molecule has 1 aromatic heterocycles. The Hall–Kier alpha value is -2.48. The van der Waals surface area contributed by atoms with E-state index >= 15 is 0 Å². The van der Waals surface area contributed by atoms with Gasteiger partial charge >= 0.3 is 0 Å². The van der Waals surface area contributed by atoms with Gasteiger partial charge in [0.2, 0.25) is 5.91 Å². The van der Waals surface area contributed by atoms with E-state index in [1.807, 2.05) is 13.0 Å². The van der Waals surface area contributed by atoms with Crippen molar-refractivity contribution in [3.05, 3.63) is 23.9 Å². The van der Waals surface area contributed by atoms with Crippen LogP contribution in [0.1, 0.15) is 12.6 Å². The zero-order valence-electron chi connectivity index (χ0n) is 14.4. The molecule has 25 heavy (non-hydrogen) atoms. The number of hydrogen-bond acceptors (Lipinski definition) is 7. The molecule has 1 heterocycles. The molecule has 8 heteroatoms. The Balaban J connectivity index is 2.46.